The van der Waals surface area contributed by atoms with Gasteiger partial charge in [0, 0.05) is 30.0 Å². The van der Waals surface area contributed by atoms with Gasteiger partial charge in [-0.1, -0.05) is 0 Å². The number of anilines is 1. The van der Waals surface area contributed by atoms with Crippen LogP contribution in [0, 0.1) is 6.92 Å². The molecule has 0 radical (unpaired) electrons. The number of carbonyl (C=O) groups excluding carboxylic acids is 1. The molecular formula is C12H12ClN3O. The lowest BCUT2D eigenvalue weighted by atomic mass is 10.2. The zero-order valence-corrected chi connectivity index (χ0v) is 10.1. The van der Waals surface area contributed by atoms with Crippen LogP contribution in [0.2, 0.25) is 0 Å². The maximum absolute atomic E-state index is 11.8. The fourth-order valence-electron chi connectivity index (χ4n) is 1.32. The number of hydrogen-bond donors (Lipinski definition) is 1. The lowest BCUT2D eigenvalue weighted by Gasteiger charge is -2.04. The quantitative estimate of drug-likeness (QED) is 0.890. The molecule has 0 aliphatic rings. The number of pyridine rings is 2. The van der Waals surface area contributed by atoms with Crippen LogP contribution in [0.4, 0.5) is 5.69 Å². The van der Waals surface area contributed by atoms with Crippen molar-refractivity contribution in [2.45, 2.75) is 6.92 Å². The maximum atomic E-state index is 11.8. The molecule has 1 N–H and O–H groups in total. The molecule has 1 amide bonds. The van der Waals surface area contributed by atoms with Crippen molar-refractivity contribution in [3.8, 4) is 0 Å². The van der Waals surface area contributed by atoms with Gasteiger partial charge >= 0.3 is 0 Å². The van der Waals surface area contributed by atoms with Crippen LogP contribution >= 0.6 is 12.4 Å². The number of nitrogens with zero attached hydrogens (tertiary/aromatic N) is 2. The summed E-state index contributed by atoms with van der Waals surface area (Å²) < 4.78 is 0. The predicted octanol–water partition coefficient (Wildman–Crippen LogP) is 2.46. The Morgan fingerprint density at radius 1 is 1.29 bits per heavy atom. The number of aryl methyl sites for hydroxylation is 1. The lowest BCUT2D eigenvalue weighted by molar-refractivity contribution is 0.102. The van der Waals surface area contributed by atoms with E-state index < -0.39 is 0 Å². The third kappa shape index (κ3) is 3.53. The van der Waals surface area contributed by atoms with Crippen molar-refractivity contribution < 1.29 is 4.79 Å². The Kier molecular flexibility index (Phi) is 4.60. The van der Waals surface area contributed by atoms with Crippen molar-refractivity contribution in [3.05, 3.63) is 54.1 Å². The van der Waals surface area contributed by atoms with Crippen molar-refractivity contribution in [1.29, 1.82) is 0 Å². The van der Waals surface area contributed by atoms with Crippen LogP contribution in [-0.2, 0) is 0 Å². The normalized spacial score (nSPS) is 9.24. The van der Waals surface area contributed by atoms with E-state index in [0.29, 0.717) is 5.56 Å². The molecule has 2 rings (SSSR count). The van der Waals surface area contributed by atoms with E-state index in [2.05, 4.69) is 15.3 Å². The smallest absolute Gasteiger partial charge is 0.257 e. The molecule has 2 aromatic heterocycles. The van der Waals surface area contributed by atoms with E-state index in [1.165, 1.54) is 6.20 Å². The molecule has 0 spiro atoms. The van der Waals surface area contributed by atoms with E-state index in [9.17, 15) is 4.79 Å². The first-order valence-electron chi connectivity index (χ1n) is 4.90. The molecular weight excluding hydrogens is 238 g/mol. The average molecular weight is 250 g/mol. The van der Waals surface area contributed by atoms with Crippen LogP contribution < -0.4 is 5.32 Å². The van der Waals surface area contributed by atoms with Gasteiger partial charge in [0.2, 0.25) is 0 Å². The van der Waals surface area contributed by atoms with Crippen LogP contribution in [0.15, 0.2) is 42.9 Å². The Hall–Kier alpha value is -1.94. The second-order valence-electron chi connectivity index (χ2n) is 3.38. The molecule has 0 aliphatic carbocycles. The molecule has 0 fully saturated rings. The van der Waals surface area contributed by atoms with Crippen LogP contribution in [0.5, 0.6) is 0 Å². The third-order valence-corrected chi connectivity index (χ3v) is 2.08. The van der Waals surface area contributed by atoms with Crippen LogP contribution in [0.25, 0.3) is 0 Å². The SMILES string of the molecule is Cc1cc(NC(=O)c2cccnc2)ccn1.Cl. The van der Waals surface area contributed by atoms with Gasteiger partial charge in [0.25, 0.3) is 5.91 Å². The Morgan fingerprint density at radius 3 is 2.76 bits per heavy atom. The summed E-state index contributed by atoms with van der Waals surface area (Å²) in [6.45, 7) is 1.87. The molecule has 2 heterocycles. The summed E-state index contributed by atoms with van der Waals surface area (Å²) >= 11 is 0. The van der Waals surface area contributed by atoms with Gasteiger partial charge in [-0.2, -0.15) is 0 Å². The molecule has 0 atom stereocenters. The lowest BCUT2D eigenvalue weighted by Crippen LogP contribution is -2.12. The van der Waals surface area contributed by atoms with Gasteiger partial charge < -0.3 is 5.32 Å². The van der Waals surface area contributed by atoms with E-state index >= 15 is 0 Å². The van der Waals surface area contributed by atoms with Crippen LogP contribution in [-0.4, -0.2) is 15.9 Å². The van der Waals surface area contributed by atoms with Crippen molar-refractivity contribution in [2.75, 3.05) is 5.32 Å². The predicted molar refractivity (Wildman–Crippen MR) is 68.4 cm³/mol. The van der Waals surface area contributed by atoms with E-state index in [0.717, 1.165) is 11.4 Å². The Balaban J connectivity index is 0.00000144. The summed E-state index contributed by atoms with van der Waals surface area (Å²) in [5, 5.41) is 2.78. The number of amides is 1. The minimum Gasteiger partial charge on any atom is -0.322 e. The van der Waals surface area contributed by atoms with Crippen molar-refractivity contribution in [3.63, 3.8) is 0 Å². The zero-order chi connectivity index (χ0) is 11.4. The fourth-order valence-corrected chi connectivity index (χ4v) is 1.32. The van der Waals surface area contributed by atoms with Gasteiger partial charge in [-0.05, 0) is 31.2 Å². The molecule has 0 saturated carbocycles. The molecule has 0 unspecified atom stereocenters. The van der Waals surface area contributed by atoms with Crippen molar-refractivity contribution >= 4 is 24.0 Å². The summed E-state index contributed by atoms with van der Waals surface area (Å²) in [7, 11) is 0. The summed E-state index contributed by atoms with van der Waals surface area (Å²) in [6.07, 6.45) is 4.82. The second-order valence-corrected chi connectivity index (χ2v) is 3.38. The van der Waals surface area contributed by atoms with Gasteiger partial charge in [-0.15, -0.1) is 12.4 Å². The van der Waals surface area contributed by atoms with Gasteiger partial charge in [-0.3, -0.25) is 14.8 Å². The zero-order valence-electron chi connectivity index (χ0n) is 9.25. The minimum absolute atomic E-state index is 0. The summed E-state index contributed by atoms with van der Waals surface area (Å²) in [4.78, 5) is 19.7. The number of aromatic nitrogens is 2. The maximum Gasteiger partial charge on any atom is 0.257 e. The molecule has 0 saturated heterocycles. The van der Waals surface area contributed by atoms with Crippen molar-refractivity contribution in [1.82, 2.24) is 9.97 Å². The first kappa shape index (κ1) is 13.1. The topological polar surface area (TPSA) is 54.9 Å². The van der Waals surface area contributed by atoms with Gasteiger partial charge in [0.1, 0.15) is 0 Å². The van der Waals surface area contributed by atoms with E-state index in [4.69, 9.17) is 0 Å². The standard InChI is InChI=1S/C12H11N3O.ClH/c1-9-7-11(4-6-14-9)15-12(16)10-3-2-5-13-8-10;/h2-8H,1H3,(H,14,15,16);1H. The van der Waals surface area contributed by atoms with Gasteiger partial charge in [0.05, 0.1) is 5.56 Å². The van der Waals surface area contributed by atoms with Gasteiger partial charge in [0.15, 0.2) is 0 Å². The molecule has 0 aromatic carbocycles. The highest BCUT2D eigenvalue weighted by Gasteiger charge is 2.05. The highest BCUT2D eigenvalue weighted by Crippen LogP contribution is 2.08. The largest absolute Gasteiger partial charge is 0.322 e. The second kappa shape index (κ2) is 5.96. The monoisotopic (exact) mass is 249 g/mol. The summed E-state index contributed by atoms with van der Waals surface area (Å²) in [5.41, 5.74) is 2.14. The Bertz CT molecular complexity index is 502. The first-order chi connectivity index (χ1) is 7.75. The number of halogens is 1. The summed E-state index contributed by atoms with van der Waals surface area (Å²) in [6, 6.07) is 7.01. The van der Waals surface area contributed by atoms with Crippen LogP contribution in [0.3, 0.4) is 0 Å². The van der Waals surface area contributed by atoms with Gasteiger partial charge in [-0.25, -0.2) is 0 Å². The molecule has 0 bridgehead atoms. The van der Waals surface area contributed by atoms with E-state index in [1.807, 2.05) is 13.0 Å². The number of nitrogens with one attached hydrogen (secondary N) is 1. The third-order valence-electron chi connectivity index (χ3n) is 2.08. The summed E-state index contributed by atoms with van der Waals surface area (Å²) in [5.74, 6) is -0.168. The molecule has 88 valence electrons. The molecule has 17 heavy (non-hydrogen) atoms. The Labute approximate surface area is 106 Å². The minimum atomic E-state index is -0.168. The first-order valence-corrected chi connectivity index (χ1v) is 4.90. The molecule has 2 aromatic rings. The average Bonchev–Trinajstić information content (AvgIpc) is 2.30. The molecule has 5 heteroatoms. The molecule has 4 nitrogen and oxygen atoms in total. The highest BCUT2D eigenvalue weighted by atomic mass is 35.5. The van der Waals surface area contributed by atoms with Crippen LogP contribution in [0.1, 0.15) is 16.1 Å². The number of hydrogen-bond acceptors (Lipinski definition) is 3. The molecule has 0 aliphatic heterocycles. The number of rotatable bonds is 2. The highest BCUT2D eigenvalue weighted by molar-refractivity contribution is 6.03. The number of carbonyl (C=O) groups is 1. The van der Waals surface area contributed by atoms with Crippen molar-refractivity contribution in [2.24, 2.45) is 0 Å². The fraction of sp³-hybridized carbons (Fsp3) is 0.0833. The Morgan fingerprint density at radius 2 is 2.12 bits per heavy atom. The van der Waals surface area contributed by atoms with E-state index in [1.54, 1.807) is 30.6 Å². The van der Waals surface area contributed by atoms with E-state index in [-0.39, 0.29) is 18.3 Å².